The maximum atomic E-state index is 10.5. The number of carbonyl (C=O) groups excluding carboxylic acids is 1. The molecule has 2 aliphatic rings. The molecular weight excluding hydrogens is 893 g/mol. The number of amides is 2. The molecular formula is C41H26Cl2Mn2N10O5. The van der Waals surface area contributed by atoms with Crippen LogP contribution >= 0.6 is 20.2 Å². The molecule has 0 atom stereocenters. The molecule has 19 heteroatoms. The molecule has 0 aliphatic carbocycles. The van der Waals surface area contributed by atoms with Crippen LogP contribution in [0.5, 0.6) is 0 Å². The number of urea groups is 1. The van der Waals surface area contributed by atoms with Crippen molar-refractivity contribution in [3.63, 3.8) is 0 Å². The average Bonchev–Trinajstić information content (AvgIpc) is 3.97. The van der Waals surface area contributed by atoms with E-state index in [1.807, 2.05) is 97.1 Å². The summed E-state index contributed by atoms with van der Waals surface area (Å²) >= 11 is 0.00694. The minimum Gasteiger partial charge on any atom is -0.357 e. The normalized spacial score (nSPS) is 10.6. The van der Waals surface area contributed by atoms with Gasteiger partial charge in [-0.1, -0.05) is 109 Å². The second-order valence-electron chi connectivity index (χ2n) is 12.3. The number of fused-ring (bicyclic) bond motifs is 20. The van der Waals surface area contributed by atoms with Gasteiger partial charge in [-0.05, 0) is 33.7 Å². The number of aromatic nitrogens is 8. The number of hydrogen-bond donors (Lipinski definition) is 4. The molecule has 1 radical (unpaired) electrons. The monoisotopic (exact) mass is 918 g/mol. The molecule has 2 amide bonds. The van der Waals surface area contributed by atoms with Crippen molar-refractivity contribution in [1.82, 2.24) is 39.9 Å². The number of primary amides is 2. The minimum atomic E-state index is -1.23. The number of carboxylic acids is 2. The van der Waals surface area contributed by atoms with Gasteiger partial charge in [-0.15, -0.1) is 0 Å². The molecule has 298 valence electrons. The number of benzene rings is 5. The number of carboxylic acid groups (broad SMARTS) is 2. The van der Waals surface area contributed by atoms with Crippen LogP contribution in [0.2, 0.25) is 0 Å². The predicted octanol–water partition coefficient (Wildman–Crippen LogP) is 7.61. The third kappa shape index (κ3) is 8.96. The molecule has 2 aliphatic heterocycles. The fourth-order valence-corrected chi connectivity index (χ4v) is 6.31. The zero-order chi connectivity index (χ0) is 41.6. The Morgan fingerprint density at radius 2 is 0.667 bits per heavy atom. The summed E-state index contributed by atoms with van der Waals surface area (Å²) in [6.07, 6.45) is 0. The number of carbonyl (C=O) groups is 3. The SMILES string of the molecule is NC(N)=O.O=C(O)c1ccccc1C(=O)O.[Cl][Mn][Cl].[Mn+2].c1ccc2c(c1)-c1nc-2nc2[n-]c(nc3nc(nc4[n-]c(n1)c1ccccc41)-c1ccccc1-3)c1ccccc21. The van der Waals surface area contributed by atoms with Gasteiger partial charge < -0.3 is 51.6 Å². The molecule has 10 rings (SSSR count). The molecule has 0 unspecified atom stereocenters. The van der Waals surface area contributed by atoms with E-state index < -0.39 is 18.0 Å². The maximum Gasteiger partial charge on any atom is 2.00 e. The van der Waals surface area contributed by atoms with E-state index in [-0.39, 0.29) is 41.3 Å². The van der Waals surface area contributed by atoms with Gasteiger partial charge in [-0.25, -0.2) is 24.4 Å². The summed E-state index contributed by atoms with van der Waals surface area (Å²) in [5.74, 6) is -0.249. The van der Waals surface area contributed by atoms with E-state index in [2.05, 4.69) is 11.5 Å². The first kappa shape index (κ1) is 42.9. The molecule has 5 heterocycles. The van der Waals surface area contributed by atoms with Gasteiger partial charge in [0, 0.05) is 44.8 Å². The van der Waals surface area contributed by atoms with Gasteiger partial charge in [0.15, 0.2) is 0 Å². The maximum absolute atomic E-state index is 10.5. The Balaban J connectivity index is 0.000000254. The summed E-state index contributed by atoms with van der Waals surface area (Å²) in [6, 6.07) is 36.5. The van der Waals surface area contributed by atoms with Crippen molar-refractivity contribution in [3.05, 3.63) is 132 Å². The van der Waals surface area contributed by atoms with E-state index in [0.29, 0.717) is 45.9 Å². The van der Waals surface area contributed by atoms with Gasteiger partial charge >= 0.3 is 68.4 Å². The van der Waals surface area contributed by atoms with E-state index in [9.17, 15) is 9.59 Å². The quantitative estimate of drug-likeness (QED) is 0.122. The van der Waals surface area contributed by atoms with E-state index in [1.54, 1.807) is 0 Å². The number of nitrogens with zero attached hydrogens (tertiary/aromatic N) is 8. The topological polar surface area (TPSA) is 249 Å². The molecule has 5 aromatic carbocycles. The first-order valence-electron chi connectivity index (χ1n) is 17.1. The standard InChI is InChI=1S/C32H16N8.C8H6O4.CH4N2O.2ClH.2Mn/c1-2-10-18-17(9-1)25-33-26(18)38-28-21-13-5-6-14-22(21)30(35-28)40-32-24-16-8-7-15-23(24)31(36-32)39-29-20-12-4-3-11-19(20)27(34-29)37-25;9-7(10)5-3-1-2-4-6(5)8(11)12;2-1(3)4;;;;/h1-16H;1-4H,(H,9,10)(H,11,12);(H4,2,3,4);2*1H;;/q-2;;;;;2*+2/p-2. The van der Waals surface area contributed by atoms with Crippen LogP contribution in [0.3, 0.4) is 0 Å². The second-order valence-corrected chi connectivity index (χ2v) is 14.2. The molecule has 8 bridgehead atoms. The first-order chi connectivity index (χ1) is 28.6. The van der Waals surface area contributed by atoms with Crippen LogP contribution in [-0.2, 0) is 30.2 Å². The zero-order valence-corrected chi connectivity index (χ0v) is 34.3. The van der Waals surface area contributed by atoms with Crippen molar-refractivity contribution in [2.45, 2.75) is 0 Å². The summed E-state index contributed by atoms with van der Waals surface area (Å²) in [5.41, 5.74) is 13.9. The first-order valence-corrected chi connectivity index (χ1v) is 20.4. The van der Waals surface area contributed by atoms with Crippen LogP contribution in [0, 0.1) is 0 Å². The van der Waals surface area contributed by atoms with Crippen LogP contribution in [0.4, 0.5) is 4.79 Å². The van der Waals surface area contributed by atoms with Crippen LogP contribution in [0.25, 0.3) is 89.7 Å². The van der Waals surface area contributed by atoms with Crippen molar-refractivity contribution in [2.24, 2.45) is 11.5 Å². The van der Waals surface area contributed by atoms with Gasteiger partial charge in [0.05, 0.1) is 34.4 Å². The Morgan fingerprint density at radius 1 is 0.450 bits per heavy atom. The number of aromatic carboxylic acids is 2. The van der Waals surface area contributed by atoms with Crippen LogP contribution in [0.1, 0.15) is 20.7 Å². The molecule has 0 spiro atoms. The molecule has 0 saturated carbocycles. The van der Waals surface area contributed by atoms with Gasteiger partial charge in [-0.2, -0.15) is 0 Å². The second kappa shape index (κ2) is 18.9. The van der Waals surface area contributed by atoms with Crippen molar-refractivity contribution >= 4 is 82.3 Å². The van der Waals surface area contributed by atoms with Gasteiger partial charge in [0.2, 0.25) is 0 Å². The Hall–Kier alpha value is -6.71. The Labute approximate surface area is 364 Å². The molecule has 0 saturated heterocycles. The molecule has 6 N–H and O–H groups in total. The number of rotatable bonds is 2. The molecule has 15 nitrogen and oxygen atoms in total. The summed E-state index contributed by atoms with van der Waals surface area (Å²) in [7, 11) is 9.59. The molecule has 3 aromatic heterocycles. The Bertz CT molecular complexity index is 2750. The summed E-state index contributed by atoms with van der Waals surface area (Å²) < 4.78 is 0. The largest absolute Gasteiger partial charge is 2.00 e. The smallest absolute Gasteiger partial charge is 0.357 e. The van der Waals surface area contributed by atoms with Crippen LogP contribution < -0.4 is 21.4 Å². The van der Waals surface area contributed by atoms with Crippen molar-refractivity contribution in [3.8, 4) is 45.6 Å². The Kier molecular flexibility index (Phi) is 13.5. The van der Waals surface area contributed by atoms with Gasteiger partial charge in [0.1, 0.15) is 0 Å². The van der Waals surface area contributed by atoms with Crippen molar-refractivity contribution in [1.29, 1.82) is 0 Å². The summed E-state index contributed by atoms with van der Waals surface area (Å²) in [4.78, 5) is 69.2. The van der Waals surface area contributed by atoms with E-state index >= 15 is 0 Å². The molecule has 60 heavy (non-hydrogen) atoms. The van der Waals surface area contributed by atoms with Crippen LogP contribution in [-0.4, -0.2) is 58.1 Å². The number of hydrogen-bond acceptors (Lipinski definition) is 9. The summed E-state index contributed by atoms with van der Waals surface area (Å²) in [5, 5.41) is 20.7. The van der Waals surface area contributed by atoms with Crippen LogP contribution in [0.15, 0.2) is 121 Å². The van der Waals surface area contributed by atoms with E-state index in [0.717, 1.165) is 43.8 Å². The van der Waals surface area contributed by atoms with Crippen molar-refractivity contribution < 1.29 is 54.8 Å². The zero-order valence-electron chi connectivity index (χ0n) is 30.4. The van der Waals surface area contributed by atoms with Gasteiger partial charge in [0.25, 0.3) is 0 Å². The molecule has 0 fully saturated rings. The minimum absolute atomic E-state index is 0. The fourth-order valence-electron chi connectivity index (χ4n) is 6.31. The molecule has 8 aromatic rings. The Morgan fingerprint density at radius 3 is 0.900 bits per heavy atom. The van der Waals surface area contributed by atoms with Gasteiger partial charge in [-0.3, -0.25) is 0 Å². The fraction of sp³-hybridized carbons (Fsp3) is 0. The average molecular weight is 920 g/mol. The predicted molar refractivity (Wildman–Crippen MR) is 220 cm³/mol. The number of halogens is 2. The van der Waals surface area contributed by atoms with E-state index in [4.69, 9.17) is 75.1 Å². The van der Waals surface area contributed by atoms with Crippen molar-refractivity contribution in [2.75, 3.05) is 0 Å². The third-order valence-corrected chi connectivity index (χ3v) is 8.72. The van der Waals surface area contributed by atoms with E-state index in [1.165, 1.54) is 24.3 Å². The number of nitrogens with two attached hydrogens (primary N) is 2. The third-order valence-electron chi connectivity index (χ3n) is 8.72. The summed E-state index contributed by atoms with van der Waals surface area (Å²) in [6.45, 7) is 0.